The lowest BCUT2D eigenvalue weighted by Crippen LogP contribution is -2.08. The van der Waals surface area contributed by atoms with Crippen molar-refractivity contribution in [3.8, 4) is 17.2 Å². The van der Waals surface area contributed by atoms with E-state index in [1.54, 1.807) is 33.5 Å². The summed E-state index contributed by atoms with van der Waals surface area (Å²) in [5.74, 6) is 1.77. The molecule has 5 nitrogen and oxygen atoms in total. The van der Waals surface area contributed by atoms with E-state index in [0.29, 0.717) is 30.5 Å². The molecule has 0 atom stereocenters. The topological polar surface area (TPSA) is 46.2 Å². The van der Waals surface area contributed by atoms with E-state index in [4.69, 9.17) is 23.7 Å². The van der Waals surface area contributed by atoms with Crippen molar-refractivity contribution in [2.45, 2.75) is 0 Å². The minimum atomic E-state index is 0.146. The van der Waals surface area contributed by atoms with E-state index in [2.05, 4.69) is 0 Å². The van der Waals surface area contributed by atoms with Crippen LogP contribution >= 0.6 is 0 Å². The lowest BCUT2D eigenvalue weighted by molar-refractivity contribution is -0.00956. The van der Waals surface area contributed by atoms with Crippen LogP contribution < -0.4 is 14.2 Å². The van der Waals surface area contributed by atoms with Crippen molar-refractivity contribution in [2.75, 3.05) is 41.3 Å². The second-order valence-electron chi connectivity index (χ2n) is 3.15. The molecule has 5 heteroatoms. The number of ether oxygens (including phenoxy) is 5. The highest BCUT2D eigenvalue weighted by Gasteiger charge is 2.10. The Hall–Kier alpha value is -1.46. The van der Waals surface area contributed by atoms with Crippen molar-refractivity contribution in [1.29, 1.82) is 0 Å². The third-order valence-electron chi connectivity index (χ3n) is 2.10. The van der Waals surface area contributed by atoms with Gasteiger partial charge in [-0.2, -0.15) is 0 Å². The van der Waals surface area contributed by atoms with E-state index in [1.807, 2.05) is 6.07 Å². The van der Waals surface area contributed by atoms with E-state index in [-0.39, 0.29) is 6.79 Å². The summed E-state index contributed by atoms with van der Waals surface area (Å²) in [4.78, 5) is 0. The SMILES string of the molecule is COCCOCOc1cccc(OC)c1OC. The van der Waals surface area contributed by atoms with Crippen molar-refractivity contribution >= 4 is 0 Å². The maximum absolute atomic E-state index is 5.43. The number of hydrogen-bond donors (Lipinski definition) is 0. The van der Waals surface area contributed by atoms with Gasteiger partial charge in [-0.25, -0.2) is 0 Å². The Labute approximate surface area is 101 Å². The molecule has 0 saturated carbocycles. The summed E-state index contributed by atoms with van der Waals surface area (Å²) < 4.78 is 25.9. The fraction of sp³-hybridized carbons (Fsp3) is 0.500. The minimum absolute atomic E-state index is 0.146. The zero-order chi connectivity index (χ0) is 12.5. The molecule has 0 bridgehead atoms. The van der Waals surface area contributed by atoms with Gasteiger partial charge < -0.3 is 23.7 Å². The van der Waals surface area contributed by atoms with Gasteiger partial charge >= 0.3 is 0 Å². The highest BCUT2D eigenvalue weighted by molar-refractivity contribution is 5.50. The monoisotopic (exact) mass is 242 g/mol. The number of benzene rings is 1. The van der Waals surface area contributed by atoms with Crippen LogP contribution in [0.4, 0.5) is 0 Å². The Morgan fingerprint density at radius 3 is 2.35 bits per heavy atom. The van der Waals surface area contributed by atoms with E-state index in [1.165, 1.54) is 0 Å². The number of methoxy groups -OCH3 is 3. The summed E-state index contributed by atoms with van der Waals surface area (Å²) in [5.41, 5.74) is 0. The first-order valence-corrected chi connectivity index (χ1v) is 5.24. The Bertz CT molecular complexity index is 327. The molecule has 1 aromatic carbocycles. The van der Waals surface area contributed by atoms with E-state index in [0.717, 1.165) is 0 Å². The summed E-state index contributed by atoms with van der Waals surface area (Å²) in [7, 11) is 4.77. The van der Waals surface area contributed by atoms with Gasteiger partial charge in [0.2, 0.25) is 5.75 Å². The van der Waals surface area contributed by atoms with Crippen LogP contribution in [0, 0.1) is 0 Å². The van der Waals surface area contributed by atoms with Crippen LogP contribution in [0.1, 0.15) is 0 Å². The first-order valence-electron chi connectivity index (χ1n) is 5.24. The molecule has 0 heterocycles. The van der Waals surface area contributed by atoms with Gasteiger partial charge in [0.1, 0.15) is 0 Å². The summed E-state index contributed by atoms with van der Waals surface area (Å²) in [6.07, 6.45) is 0. The van der Waals surface area contributed by atoms with Crippen molar-refractivity contribution in [3.05, 3.63) is 18.2 Å². The lowest BCUT2D eigenvalue weighted by atomic mass is 10.3. The molecule has 0 aromatic heterocycles. The second kappa shape index (κ2) is 7.76. The van der Waals surface area contributed by atoms with Crippen LogP contribution in [0.15, 0.2) is 18.2 Å². The fourth-order valence-electron chi connectivity index (χ4n) is 1.28. The Balaban J connectivity index is 2.52. The van der Waals surface area contributed by atoms with E-state index >= 15 is 0 Å². The molecular weight excluding hydrogens is 224 g/mol. The van der Waals surface area contributed by atoms with Crippen LogP contribution in [0.3, 0.4) is 0 Å². The molecule has 0 N–H and O–H groups in total. The van der Waals surface area contributed by atoms with Crippen LogP contribution in [0.5, 0.6) is 17.2 Å². The molecule has 0 aliphatic heterocycles. The smallest absolute Gasteiger partial charge is 0.203 e. The standard InChI is InChI=1S/C12H18O5/c1-13-7-8-16-9-17-11-6-4-5-10(14-2)12(11)15-3/h4-6H,7-9H2,1-3H3. The van der Waals surface area contributed by atoms with Crippen molar-refractivity contribution < 1.29 is 23.7 Å². The van der Waals surface area contributed by atoms with Gasteiger partial charge in [-0.1, -0.05) is 6.07 Å². The lowest BCUT2D eigenvalue weighted by Gasteiger charge is -2.13. The first kappa shape index (κ1) is 13.6. The summed E-state index contributed by atoms with van der Waals surface area (Å²) in [6.45, 7) is 1.17. The molecule has 17 heavy (non-hydrogen) atoms. The zero-order valence-electron chi connectivity index (χ0n) is 10.4. The van der Waals surface area contributed by atoms with Gasteiger partial charge in [0.15, 0.2) is 18.3 Å². The largest absolute Gasteiger partial charge is 0.493 e. The third-order valence-corrected chi connectivity index (χ3v) is 2.10. The summed E-state index contributed by atoms with van der Waals surface area (Å²) in [6, 6.07) is 5.42. The first-order chi connectivity index (χ1) is 8.33. The van der Waals surface area contributed by atoms with Crippen molar-refractivity contribution in [3.63, 3.8) is 0 Å². The highest BCUT2D eigenvalue weighted by atomic mass is 16.7. The van der Waals surface area contributed by atoms with Gasteiger partial charge in [-0.15, -0.1) is 0 Å². The second-order valence-corrected chi connectivity index (χ2v) is 3.15. The van der Waals surface area contributed by atoms with Crippen LogP contribution in [0.2, 0.25) is 0 Å². The van der Waals surface area contributed by atoms with Crippen LogP contribution in [0.25, 0.3) is 0 Å². The summed E-state index contributed by atoms with van der Waals surface area (Å²) >= 11 is 0. The van der Waals surface area contributed by atoms with Crippen LogP contribution in [-0.2, 0) is 9.47 Å². The van der Waals surface area contributed by atoms with Gasteiger partial charge in [0.05, 0.1) is 27.4 Å². The Morgan fingerprint density at radius 1 is 0.941 bits per heavy atom. The average molecular weight is 242 g/mol. The molecule has 96 valence electrons. The number of para-hydroxylation sites is 1. The molecule has 0 aliphatic carbocycles. The number of hydrogen-bond acceptors (Lipinski definition) is 5. The fourth-order valence-corrected chi connectivity index (χ4v) is 1.28. The van der Waals surface area contributed by atoms with Gasteiger partial charge in [-0.3, -0.25) is 0 Å². The molecule has 0 radical (unpaired) electrons. The van der Waals surface area contributed by atoms with Gasteiger partial charge in [0.25, 0.3) is 0 Å². The number of rotatable bonds is 8. The average Bonchev–Trinajstić information content (AvgIpc) is 2.38. The maximum atomic E-state index is 5.43. The summed E-state index contributed by atoms with van der Waals surface area (Å²) in [5, 5.41) is 0. The van der Waals surface area contributed by atoms with Gasteiger partial charge in [-0.05, 0) is 12.1 Å². The zero-order valence-corrected chi connectivity index (χ0v) is 10.4. The Morgan fingerprint density at radius 2 is 1.71 bits per heavy atom. The van der Waals surface area contributed by atoms with Gasteiger partial charge in [0, 0.05) is 7.11 Å². The Kier molecular flexibility index (Phi) is 6.21. The minimum Gasteiger partial charge on any atom is -0.493 e. The van der Waals surface area contributed by atoms with Crippen molar-refractivity contribution in [2.24, 2.45) is 0 Å². The molecule has 0 amide bonds. The predicted octanol–water partition coefficient (Wildman–Crippen LogP) is 1.70. The normalized spacial score (nSPS) is 10.1. The van der Waals surface area contributed by atoms with E-state index in [9.17, 15) is 0 Å². The molecule has 0 unspecified atom stereocenters. The molecule has 0 spiro atoms. The third kappa shape index (κ3) is 4.13. The van der Waals surface area contributed by atoms with E-state index < -0.39 is 0 Å². The predicted molar refractivity (Wildman–Crippen MR) is 62.9 cm³/mol. The quantitative estimate of drug-likeness (QED) is 0.513. The molecular formula is C12H18O5. The molecule has 0 fully saturated rings. The molecule has 0 aliphatic rings. The maximum Gasteiger partial charge on any atom is 0.203 e. The molecule has 1 aromatic rings. The molecule has 1 rings (SSSR count). The molecule has 0 saturated heterocycles. The van der Waals surface area contributed by atoms with Crippen molar-refractivity contribution in [1.82, 2.24) is 0 Å². The van der Waals surface area contributed by atoms with Crippen LogP contribution in [-0.4, -0.2) is 41.3 Å². The highest BCUT2D eigenvalue weighted by Crippen LogP contribution is 2.36.